The van der Waals surface area contributed by atoms with Gasteiger partial charge < -0.3 is 16.4 Å². The van der Waals surface area contributed by atoms with E-state index in [4.69, 9.17) is 5.73 Å². The van der Waals surface area contributed by atoms with Gasteiger partial charge in [0.1, 0.15) is 0 Å². The summed E-state index contributed by atoms with van der Waals surface area (Å²) < 4.78 is 0. The third-order valence-electron chi connectivity index (χ3n) is 5.11. The normalized spacial score (nSPS) is 11.0. The van der Waals surface area contributed by atoms with Crippen molar-refractivity contribution in [2.24, 2.45) is 5.73 Å². The van der Waals surface area contributed by atoms with Gasteiger partial charge in [0.15, 0.2) is 0 Å². The van der Waals surface area contributed by atoms with Gasteiger partial charge in [-0.05, 0) is 65.1 Å². The Bertz CT molecular complexity index is 1110. The molecule has 0 unspecified atom stereocenters. The minimum Gasteiger partial charge on any atom is -0.366 e. The molecule has 0 aromatic heterocycles. The molecule has 4 N–H and O–H groups in total. The molecule has 0 aliphatic rings. The van der Waals surface area contributed by atoms with E-state index in [0.717, 1.165) is 5.56 Å². The van der Waals surface area contributed by atoms with Crippen LogP contribution in [0.2, 0.25) is 0 Å². The van der Waals surface area contributed by atoms with Crippen LogP contribution in [0.1, 0.15) is 63.0 Å². The van der Waals surface area contributed by atoms with Crippen LogP contribution in [-0.4, -0.2) is 17.7 Å². The van der Waals surface area contributed by atoms with Crippen LogP contribution >= 0.6 is 0 Å². The molecular weight excluding hydrogens is 402 g/mol. The molecule has 0 spiro atoms. The van der Waals surface area contributed by atoms with Gasteiger partial charge in [-0.15, -0.1) is 0 Å². The molecule has 0 aliphatic heterocycles. The lowest BCUT2D eigenvalue weighted by atomic mass is 9.87. The average molecular weight is 430 g/mol. The number of anilines is 1. The molecule has 0 radical (unpaired) electrons. The van der Waals surface area contributed by atoms with Crippen molar-refractivity contribution in [3.8, 4) is 0 Å². The van der Waals surface area contributed by atoms with E-state index >= 15 is 0 Å². The molecule has 6 nitrogen and oxygen atoms in total. The molecule has 0 saturated carbocycles. The maximum atomic E-state index is 12.4. The zero-order valence-electron chi connectivity index (χ0n) is 18.4. The van der Waals surface area contributed by atoms with E-state index < -0.39 is 5.91 Å². The van der Waals surface area contributed by atoms with Gasteiger partial charge in [-0.25, -0.2) is 0 Å². The second-order valence-corrected chi connectivity index (χ2v) is 8.60. The number of primary amides is 1. The lowest BCUT2D eigenvalue weighted by Gasteiger charge is -2.19. The van der Waals surface area contributed by atoms with Gasteiger partial charge in [0, 0.05) is 28.9 Å². The first kappa shape index (κ1) is 22.7. The summed E-state index contributed by atoms with van der Waals surface area (Å²) in [5, 5.41) is 5.67. The Balaban J connectivity index is 1.55. The fraction of sp³-hybridized carbons (Fsp3) is 0.192. The van der Waals surface area contributed by atoms with Gasteiger partial charge in [-0.2, -0.15) is 0 Å². The highest BCUT2D eigenvalue weighted by Gasteiger charge is 2.14. The molecule has 3 amide bonds. The summed E-state index contributed by atoms with van der Waals surface area (Å²) in [5.74, 6) is -0.939. The maximum absolute atomic E-state index is 12.4. The second kappa shape index (κ2) is 9.47. The SMILES string of the molecule is CC(C)(C)c1ccc(C(=O)NCc2ccc(C(=O)Nc3ccc(C(N)=O)cc3)cc2)cc1. The molecule has 6 heteroatoms. The molecule has 32 heavy (non-hydrogen) atoms. The van der Waals surface area contributed by atoms with Crippen LogP contribution in [0, 0.1) is 0 Å². The molecule has 0 aliphatic carbocycles. The van der Waals surface area contributed by atoms with Gasteiger partial charge >= 0.3 is 0 Å². The van der Waals surface area contributed by atoms with Gasteiger partial charge in [0.25, 0.3) is 11.8 Å². The summed E-state index contributed by atoms with van der Waals surface area (Å²) in [5.41, 5.74) is 9.34. The number of nitrogens with one attached hydrogen (secondary N) is 2. The highest BCUT2D eigenvalue weighted by atomic mass is 16.2. The predicted octanol–water partition coefficient (Wildman–Crippen LogP) is 4.27. The predicted molar refractivity (Wildman–Crippen MR) is 126 cm³/mol. The molecule has 0 heterocycles. The Morgan fingerprint density at radius 2 is 1.22 bits per heavy atom. The summed E-state index contributed by atoms with van der Waals surface area (Å²) in [6, 6.07) is 21.0. The summed E-state index contributed by atoms with van der Waals surface area (Å²) in [7, 11) is 0. The topological polar surface area (TPSA) is 101 Å². The summed E-state index contributed by atoms with van der Waals surface area (Å²) >= 11 is 0. The van der Waals surface area contributed by atoms with Crippen LogP contribution < -0.4 is 16.4 Å². The number of amides is 3. The number of carbonyl (C=O) groups is 3. The van der Waals surface area contributed by atoms with Crippen LogP contribution in [0.15, 0.2) is 72.8 Å². The zero-order chi connectivity index (χ0) is 23.3. The Kier molecular flexibility index (Phi) is 6.73. The largest absolute Gasteiger partial charge is 0.366 e. The van der Waals surface area contributed by atoms with Crippen LogP contribution in [0.3, 0.4) is 0 Å². The van der Waals surface area contributed by atoms with Crippen molar-refractivity contribution in [3.63, 3.8) is 0 Å². The second-order valence-electron chi connectivity index (χ2n) is 8.60. The third-order valence-corrected chi connectivity index (χ3v) is 5.11. The lowest BCUT2D eigenvalue weighted by Crippen LogP contribution is -2.23. The molecule has 0 atom stereocenters. The van der Waals surface area contributed by atoms with Gasteiger partial charge in [0.05, 0.1) is 0 Å². The summed E-state index contributed by atoms with van der Waals surface area (Å²) in [6.45, 7) is 6.75. The van der Waals surface area contributed by atoms with Crippen LogP contribution in [0.4, 0.5) is 5.69 Å². The third kappa shape index (κ3) is 5.82. The van der Waals surface area contributed by atoms with Crippen LogP contribution in [0.25, 0.3) is 0 Å². The van der Waals surface area contributed by atoms with E-state index in [1.54, 1.807) is 48.5 Å². The molecule has 0 fully saturated rings. The highest BCUT2D eigenvalue weighted by molar-refractivity contribution is 6.04. The molecule has 0 bridgehead atoms. The smallest absolute Gasteiger partial charge is 0.255 e. The Hall–Kier alpha value is -3.93. The number of carbonyl (C=O) groups excluding carboxylic acids is 3. The summed E-state index contributed by atoms with van der Waals surface area (Å²) in [4.78, 5) is 36.0. The van der Waals surface area contributed by atoms with Crippen LogP contribution in [0.5, 0.6) is 0 Å². The molecule has 3 aromatic rings. The quantitative estimate of drug-likeness (QED) is 0.545. The van der Waals surface area contributed by atoms with E-state index in [2.05, 4.69) is 31.4 Å². The number of benzene rings is 3. The average Bonchev–Trinajstić information content (AvgIpc) is 2.77. The Morgan fingerprint density at radius 1 is 0.719 bits per heavy atom. The minimum absolute atomic E-state index is 0.0377. The van der Waals surface area contributed by atoms with Crippen molar-refractivity contribution < 1.29 is 14.4 Å². The summed E-state index contributed by atoms with van der Waals surface area (Å²) in [6.07, 6.45) is 0. The number of hydrogen-bond donors (Lipinski definition) is 3. The monoisotopic (exact) mass is 429 g/mol. The van der Waals surface area contributed by atoms with Crippen molar-refractivity contribution in [3.05, 3.63) is 101 Å². The van der Waals surface area contributed by atoms with E-state index in [1.807, 2.05) is 24.3 Å². The molecular formula is C26H27N3O3. The first-order valence-electron chi connectivity index (χ1n) is 10.3. The van der Waals surface area contributed by atoms with Crippen molar-refractivity contribution in [2.75, 3.05) is 5.32 Å². The molecule has 3 rings (SSSR count). The first-order chi connectivity index (χ1) is 15.1. The number of rotatable bonds is 6. The standard InChI is InChI=1S/C26H27N3O3/c1-26(2,3)21-12-8-19(9-13-21)24(31)28-16-17-4-6-20(7-5-17)25(32)29-22-14-10-18(11-15-22)23(27)30/h4-15H,16H2,1-3H3,(H2,27,30)(H,28,31)(H,29,32). The van der Waals surface area contributed by atoms with Gasteiger partial charge in [0.2, 0.25) is 5.91 Å². The zero-order valence-corrected chi connectivity index (χ0v) is 18.4. The van der Waals surface area contributed by atoms with Crippen LogP contribution in [-0.2, 0) is 12.0 Å². The highest BCUT2D eigenvalue weighted by Crippen LogP contribution is 2.22. The van der Waals surface area contributed by atoms with Crippen molar-refractivity contribution in [1.82, 2.24) is 5.32 Å². The van der Waals surface area contributed by atoms with E-state index in [0.29, 0.717) is 28.9 Å². The van der Waals surface area contributed by atoms with Crippen molar-refractivity contribution in [1.29, 1.82) is 0 Å². The Labute approximate surface area is 187 Å². The fourth-order valence-corrected chi connectivity index (χ4v) is 3.10. The first-order valence-corrected chi connectivity index (χ1v) is 10.3. The Morgan fingerprint density at radius 3 is 1.75 bits per heavy atom. The lowest BCUT2D eigenvalue weighted by molar-refractivity contribution is 0.0948. The fourth-order valence-electron chi connectivity index (χ4n) is 3.10. The van der Waals surface area contributed by atoms with E-state index in [-0.39, 0.29) is 17.2 Å². The van der Waals surface area contributed by atoms with Gasteiger partial charge in [-0.3, -0.25) is 14.4 Å². The van der Waals surface area contributed by atoms with Crippen molar-refractivity contribution >= 4 is 23.4 Å². The van der Waals surface area contributed by atoms with Gasteiger partial charge in [-0.1, -0.05) is 45.0 Å². The maximum Gasteiger partial charge on any atom is 0.255 e. The molecule has 0 saturated heterocycles. The molecule has 164 valence electrons. The van der Waals surface area contributed by atoms with E-state index in [9.17, 15) is 14.4 Å². The van der Waals surface area contributed by atoms with Crippen molar-refractivity contribution in [2.45, 2.75) is 32.7 Å². The number of hydrogen-bond acceptors (Lipinski definition) is 3. The molecule has 3 aromatic carbocycles. The van der Waals surface area contributed by atoms with E-state index in [1.165, 1.54) is 5.56 Å². The minimum atomic E-state index is -0.521. The number of nitrogens with two attached hydrogens (primary N) is 1.